The van der Waals surface area contributed by atoms with Gasteiger partial charge in [-0.05, 0) is 48.5 Å². The summed E-state index contributed by atoms with van der Waals surface area (Å²) in [6.45, 7) is 0. The molecule has 1 aliphatic rings. The number of hydrogen-bond donors (Lipinski definition) is 0. The van der Waals surface area contributed by atoms with E-state index in [4.69, 9.17) is 0 Å². The van der Waals surface area contributed by atoms with Crippen LogP contribution in [0, 0.1) is 0 Å². The average Bonchev–Trinajstić information content (AvgIpc) is 2.52. The van der Waals surface area contributed by atoms with E-state index in [1.165, 1.54) is 36.0 Å². The molecule has 0 aliphatic heterocycles. The van der Waals surface area contributed by atoms with E-state index >= 15 is 0 Å². The van der Waals surface area contributed by atoms with Crippen molar-refractivity contribution in [2.24, 2.45) is 0 Å². The molecule has 0 atom stereocenters. The summed E-state index contributed by atoms with van der Waals surface area (Å²) in [7, 11) is 0. The van der Waals surface area contributed by atoms with Crippen LogP contribution >= 0.6 is 0 Å². The molecular weight excluding hydrogens is 196 g/mol. The maximum atomic E-state index is 10.2. The summed E-state index contributed by atoms with van der Waals surface area (Å²) < 4.78 is 0. The van der Waals surface area contributed by atoms with Crippen LogP contribution in [0.2, 0.25) is 0 Å². The first-order valence-electron chi connectivity index (χ1n) is 5.81. The van der Waals surface area contributed by atoms with E-state index in [2.05, 4.69) is 30.3 Å². The van der Waals surface area contributed by atoms with Gasteiger partial charge in [-0.15, -0.1) is 0 Å². The molecule has 1 nitrogen and oxygen atoms in total. The minimum absolute atomic E-state index is 0.819. The largest absolute Gasteiger partial charge is 0.299 e. The van der Waals surface area contributed by atoms with Gasteiger partial charge < -0.3 is 0 Å². The predicted octanol–water partition coefficient (Wildman–Crippen LogP) is 3.55. The van der Waals surface area contributed by atoms with Crippen molar-refractivity contribution in [3.05, 3.63) is 53.6 Å². The fraction of sp³-hybridized carbons (Fsp3) is 0.267. The van der Waals surface area contributed by atoms with Crippen LogP contribution in [0.15, 0.2) is 42.5 Å². The molecule has 0 spiro atoms. The fourth-order valence-electron chi connectivity index (χ4n) is 2.21. The number of aldehydes is 1. The smallest absolute Gasteiger partial charge is 0.142 e. The van der Waals surface area contributed by atoms with Crippen molar-refractivity contribution >= 4 is 11.9 Å². The van der Waals surface area contributed by atoms with Gasteiger partial charge in [-0.25, -0.2) is 0 Å². The third-order valence-electron chi connectivity index (χ3n) is 2.99. The molecule has 0 N–H and O–H groups in total. The molecule has 0 saturated carbocycles. The Bertz CT molecular complexity index is 427. The van der Waals surface area contributed by atoms with Crippen LogP contribution in [0.4, 0.5) is 0 Å². The second-order valence-electron chi connectivity index (χ2n) is 4.08. The third kappa shape index (κ3) is 2.48. The molecular formula is C15H16O. The minimum atomic E-state index is 0.819. The van der Waals surface area contributed by atoms with Crippen molar-refractivity contribution in [3.8, 4) is 0 Å². The summed E-state index contributed by atoms with van der Waals surface area (Å²) in [6.07, 6.45) is 11.0. The number of hydrogen-bond acceptors (Lipinski definition) is 1. The molecule has 0 saturated heterocycles. The van der Waals surface area contributed by atoms with Crippen molar-refractivity contribution in [2.75, 3.05) is 0 Å². The highest BCUT2D eigenvalue weighted by Crippen LogP contribution is 2.29. The molecule has 0 heterocycles. The molecule has 0 aromatic heterocycles. The summed E-state index contributed by atoms with van der Waals surface area (Å²) in [5, 5.41) is 0. The highest BCUT2D eigenvalue weighted by molar-refractivity contribution is 5.72. The van der Waals surface area contributed by atoms with Crippen LogP contribution in [0.25, 0.3) is 5.57 Å². The van der Waals surface area contributed by atoms with Gasteiger partial charge in [-0.3, -0.25) is 4.79 Å². The van der Waals surface area contributed by atoms with Crippen molar-refractivity contribution in [3.63, 3.8) is 0 Å². The zero-order valence-electron chi connectivity index (χ0n) is 9.36. The molecule has 1 aliphatic carbocycles. The van der Waals surface area contributed by atoms with E-state index < -0.39 is 0 Å². The molecule has 2 rings (SSSR count). The van der Waals surface area contributed by atoms with Gasteiger partial charge in [0.15, 0.2) is 0 Å². The minimum Gasteiger partial charge on any atom is -0.299 e. The van der Waals surface area contributed by atoms with Crippen molar-refractivity contribution in [1.82, 2.24) is 0 Å². The third-order valence-corrected chi connectivity index (χ3v) is 2.99. The van der Waals surface area contributed by atoms with Gasteiger partial charge in [0.1, 0.15) is 6.29 Å². The van der Waals surface area contributed by atoms with E-state index in [1.54, 1.807) is 6.08 Å². The second-order valence-corrected chi connectivity index (χ2v) is 4.08. The Hall–Kier alpha value is -1.63. The van der Waals surface area contributed by atoms with Gasteiger partial charge in [0.2, 0.25) is 0 Å². The molecule has 0 fully saturated rings. The van der Waals surface area contributed by atoms with Crippen LogP contribution in [0.5, 0.6) is 0 Å². The first-order chi connectivity index (χ1) is 7.92. The Morgan fingerprint density at radius 1 is 1.00 bits per heavy atom. The lowest BCUT2D eigenvalue weighted by atomic mass is 9.98. The van der Waals surface area contributed by atoms with Crippen LogP contribution in [0.3, 0.4) is 0 Å². The van der Waals surface area contributed by atoms with Crippen molar-refractivity contribution < 1.29 is 4.79 Å². The maximum Gasteiger partial charge on any atom is 0.142 e. The van der Waals surface area contributed by atoms with Gasteiger partial charge in [0.25, 0.3) is 0 Å². The summed E-state index contributed by atoms with van der Waals surface area (Å²) >= 11 is 0. The molecule has 1 heteroatoms. The Morgan fingerprint density at radius 3 is 2.69 bits per heavy atom. The summed E-state index contributed by atoms with van der Waals surface area (Å²) in [5.41, 5.74) is 4.15. The summed E-state index contributed by atoms with van der Waals surface area (Å²) in [6, 6.07) is 8.57. The molecule has 16 heavy (non-hydrogen) atoms. The van der Waals surface area contributed by atoms with Gasteiger partial charge in [0, 0.05) is 0 Å². The van der Waals surface area contributed by atoms with E-state index in [0.717, 1.165) is 12.7 Å². The Labute approximate surface area is 96.5 Å². The Kier molecular flexibility index (Phi) is 3.71. The molecule has 1 aromatic rings. The molecule has 1 aromatic carbocycles. The van der Waals surface area contributed by atoms with Gasteiger partial charge in [-0.1, -0.05) is 36.4 Å². The standard InChI is InChI=1S/C15H16O/c16-12-6-5-10-14-8-2-1-7-13-9-3-4-11-15(13)14/h3-6,9-12H,1-2,7-8H2. The lowest BCUT2D eigenvalue weighted by molar-refractivity contribution is -0.104. The van der Waals surface area contributed by atoms with E-state index in [1.807, 2.05) is 6.08 Å². The molecule has 0 amide bonds. The number of rotatable bonds is 2. The quantitative estimate of drug-likeness (QED) is 0.416. The normalized spacial score (nSPS) is 18.4. The Morgan fingerprint density at radius 2 is 1.81 bits per heavy atom. The number of carbonyl (C=O) groups is 1. The van der Waals surface area contributed by atoms with Gasteiger partial charge >= 0.3 is 0 Å². The lowest BCUT2D eigenvalue weighted by Gasteiger charge is -2.07. The first kappa shape index (κ1) is 10.9. The number of allylic oxidation sites excluding steroid dienone is 4. The van der Waals surface area contributed by atoms with E-state index in [0.29, 0.717) is 0 Å². The van der Waals surface area contributed by atoms with Crippen LogP contribution in [-0.2, 0) is 11.2 Å². The first-order valence-corrected chi connectivity index (χ1v) is 5.81. The summed E-state index contributed by atoms with van der Waals surface area (Å²) in [5.74, 6) is 0. The number of aryl methyl sites for hydroxylation is 1. The number of carbonyl (C=O) groups excluding carboxylic acids is 1. The van der Waals surface area contributed by atoms with Crippen molar-refractivity contribution in [1.29, 1.82) is 0 Å². The van der Waals surface area contributed by atoms with Crippen molar-refractivity contribution in [2.45, 2.75) is 25.7 Å². The summed E-state index contributed by atoms with van der Waals surface area (Å²) in [4.78, 5) is 10.2. The second kappa shape index (κ2) is 5.45. The molecule has 82 valence electrons. The number of benzene rings is 1. The maximum absolute atomic E-state index is 10.2. The zero-order valence-corrected chi connectivity index (χ0v) is 9.36. The highest BCUT2D eigenvalue weighted by atomic mass is 16.1. The average molecular weight is 212 g/mol. The predicted molar refractivity (Wildman–Crippen MR) is 67.2 cm³/mol. The van der Waals surface area contributed by atoms with Gasteiger partial charge in [-0.2, -0.15) is 0 Å². The Balaban J connectivity index is 2.35. The van der Waals surface area contributed by atoms with Crippen LogP contribution in [0.1, 0.15) is 30.4 Å². The highest BCUT2D eigenvalue weighted by Gasteiger charge is 2.10. The number of fused-ring (bicyclic) bond motifs is 1. The zero-order chi connectivity index (χ0) is 11.2. The van der Waals surface area contributed by atoms with Crippen LogP contribution < -0.4 is 0 Å². The molecule has 0 bridgehead atoms. The van der Waals surface area contributed by atoms with Crippen LogP contribution in [-0.4, -0.2) is 6.29 Å². The topological polar surface area (TPSA) is 17.1 Å². The van der Waals surface area contributed by atoms with Gasteiger partial charge in [0.05, 0.1) is 0 Å². The monoisotopic (exact) mass is 212 g/mol. The fourth-order valence-corrected chi connectivity index (χ4v) is 2.21. The lowest BCUT2D eigenvalue weighted by Crippen LogP contribution is -1.88. The van der Waals surface area contributed by atoms with E-state index in [9.17, 15) is 4.79 Å². The molecule has 0 unspecified atom stereocenters. The molecule has 0 radical (unpaired) electrons. The van der Waals surface area contributed by atoms with E-state index in [-0.39, 0.29) is 0 Å². The SMILES string of the molecule is O=CC=CC=C1CCCCc2ccccc21.